The molecule has 2 atom stereocenters. The molecule has 0 aromatic rings. The van der Waals surface area contributed by atoms with Gasteiger partial charge in [-0.05, 0) is 25.2 Å². The zero-order valence-corrected chi connectivity index (χ0v) is 11.8. The van der Waals surface area contributed by atoms with Crippen LogP contribution in [0.25, 0.3) is 0 Å². The van der Waals surface area contributed by atoms with Gasteiger partial charge in [0.15, 0.2) is 0 Å². The maximum atomic E-state index is 5.87. The molecular formula is C14H30N2O. The highest BCUT2D eigenvalue weighted by Gasteiger charge is 2.39. The van der Waals surface area contributed by atoms with Gasteiger partial charge >= 0.3 is 0 Å². The van der Waals surface area contributed by atoms with Crippen molar-refractivity contribution in [2.24, 2.45) is 11.8 Å². The Bertz CT molecular complexity index is 202. The fourth-order valence-corrected chi connectivity index (χ4v) is 3.29. The van der Waals surface area contributed by atoms with Crippen molar-refractivity contribution in [3.63, 3.8) is 0 Å². The molecule has 1 aliphatic rings. The van der Waals surface area contributed by atoms with Crippen LogP contribution in [0.4, 0.5) is 0 Å². The van der Waals surface area contributed by atoms with Crippen LogP contribution in [0.5, 0.6) is 0 Å². The molecule has 0 aliphatic heterocycles. The summed E-state index contributed by atoms with van der Waals surface area (Å²) in [4.78, 5) is 0. The van der Waals surface area contributed by atoms with Crippen molar-refractivity contribution < 1.29 is 4.74 Å². The molecule has 3 heteroatoms. The van der Waals surface area contributed by atoms with E-state index in [4.69, 9.17) is 10.6 Å². The average Bonchev–Trinajstić information content (AvgIpc) is 2.37. The van der Waals surface area contributed by atoms with E-state index in [0.29, 0.717) is 6.04 Å². The van der Waals surface area contributed by atoms with E-state index in [1.807, 2.05) is 7.11 Å². The Morgan fingerprint density at radius 1 is 1.29 bits per heavy atom. The molecule has 0 aromatic heterocycles. The fraction of sp³-hybridized carbons (Fsp3) is 1.00. The third-order valence-electron chi connectivity index (χ3n) is 4.36. The molecule has 1 aliphatic carbocycles. The maximum Gasteiger partial charge on any atom is 0.0844 e. The Hall–Kier alpha value is -0.120. The van der Waals surface area contributed by atoms with E-state index in [2.05, 4.69) is 19.3 Å². The molecule has 0 heterocycles. The van der Waals surface area contributed by atoms with Crippen molar-refractivity contribution in [1.82, 2.24) is 5.43 Å². The lowest BCUT2D eigenvalue weighted by Crippen LogP contribution is -2.56. The summed E-state index contributed by atoms with van der Waals surface area (Å²) in [5.74, 6) is 6.50. The van der Waals surface area contributed by atoms with Crippen LogP contribution in [-0.2, 0) is 4.74 Å². The molecular weight excluding hydrogens is 212 g/mol. The molecule has 0 radical (unpaired) electrons. The molecule has 2 unspecified atom stereocenters. The van der Waals surface area contributed by atoms with Crippen molar-refractivity contribution in [3.05, 3.63) is 0 Å². The van der Waals surface area contributed by atoms with Gasteiger partial charge < -0.3 is 4.74 Å². The van der Waals surface area contributed by atoms with Crippen LogP contribution in [0.1, 0.15) is 65.2 Å². The van der Waals surface area contributed by atoms with Crippen molar-refractivity contribution >= 4 is 0 Å². The molecule has 0 aromatic carbocycles. The lowest BCUT2D eigenvalue weighted by Gasteiger charge is -2.43. The normalized spacial score (nSPS) is 23.3. The summed E-state index contributed by atoms with van der Waals surface area (Å²) in [6.45, 7) is 4.56. The minimum absolute atomic E-state index is 0.0188. The van der Waals surface area contributed by atoms with Crippen molar-refractivity contribution in [1.29, 1.82) is 0 Å². The van der Waals surface area contributed by atoms with Gasteiger partial charge in [0.05, 0.1) is 11.6 Å². The van der Waals surface area contributed by atoms with Crippen molar-refractivity contribution in [2.45, 2.75) is 76.9 Å². The summed E-state index contributed by atoms with van der Waals surface area (Å²) < 4.78 is 5.87. The van der Waals surface area contributed by atoms with Gasteiger partial charge in [-0.15, -0.1) is 0 Å². The average molecular weight is 242 g/mol. The van der Waals surface area contributed by atoms with E-state index in [-0.39, 0.29) is 5.60 Å². The van der Waals surface area contributed by atoms with Gasteiger partial charge in [0.1, 0.15) is 0 Å². The molecule has 3 nitrogen and oxygen atoms in total. The topological polar surface area (TPSA) is 47.3 Å². The van der Waals surface area contributed by atoms with Crippen LogP contribution in [0.3, 0.4) is 0 Å². The summed E-state index contributed by atoms with van der Waals surface area (Å²) >= 11 is 0. The van der Waals surface area contributed by atoms with Crippen LogP contribution in [0.15, 0.2) is 0 Å². The molecule has 0 saturated heterocycles. The van der Waals surface area contributed by atoms with Gasteiger partial charge in [0, 0.05) is 7.11 Å². The zero-order valence-electron chi connectivity index (χ0n) is 11.8. The third-order valence-corrected chi connectivity index (χ3v) is 4.36. The Morgan fingerprint density at radius 2 is 1.94 bits per heavy atom. The van der Waals surface area contributed by atoms with E-state index in [1.54, 1.807) is 0 Å². The number of nitrogens with one attached hydrogen (secondary N) is 1. The molecule has 1 fully saturated rings. The van der Waals surface area contributed by atoms with E-state index < -0.39 is 0 Å². The molecule has 1 saturated carbocycles. The highest BCUT2D eigenvalue weighted by Crippen LogP contribution is 2.36. The van der Waals surface area contributed by atoms with Gasteiger partial charge in [-0.3, -0.25) is 11.3 Å². The summed E-state index contributed by atoms with van der Waals surface area (Å²) in [5, 5.41) is 0. The van der Waals surface area contributed by atoms with Gasteiger partial charge in [-0.25, -0.2) is 0 Å². The Labute approximate surface area is 106 Å². The number of methoxy groups -OCH3 is 1. The second kappa shape index (κ2) is 7.34. The number of hydrogen-bond donors (Lipinski definition) is 2. The molecule has 17 heavy (non-hydrogen) atoms. The molecule has 0 amide bonds. The Kier molecular flexibility index (Phi) is 6.45. The van der Waals surface area contributed by atoms with Crippen LogP contribution in [0, 0.1) is 5.92 Å². The lowest BCUT2D eigenvalue weighted by molar-refractivity contribution is -0.0724. The standard InChI is InChI=1S/C14H30N2O/c1-4-8-12(2)11-13(16-15)14(17-3)9-6-5-7-10-14/h12-13,16H,4-11,15H2,1-3H3. The summed E-state index contributed by atoms with van der Waals surface area (Å²) in [7, 11) is 1.85. The molecule has 3 N–H and O–H groups in total. The first-order valence-corrected chi connectivity index (χ1v) is 7.19. The first-order chi connectivity index (χ1) is 8.18. The summed E-state index contributed by atoms with van der Waals surface area (Å²) in [5.41, 5.74) is 3.01. The van der Waals surface area contributed by atoms with Gasteiger partial charge in [0.25, 0.3) is 0 Å². The van der Waals surface area contributed by atoms with Gasteiger partial charge in [-0.1, -0.05) is 46.0 Å². The number of ether oxygens (including phenoxy) is 1. The van der Waals surface area contributed by atoms with Crippen LogP contribution in [0.2, 0.25) is 0 Å². The number of rotatable bonds is 7. The Morgan fingerprint density at radius 3 is 2.41 bits per heavy atom. The summed E-state index contributed by atoms with van der Waals surface area (Å²) in [6, 6.07) is 0.300. The predicted molar refractivity (Wildman–Crippen MR) is 72.6 cm³/mol. The first kappa shape index (κ1) is 14.9. The minimum Gasteiger partial charge on any atom is -0.377 e. The van der Waals surface area contributed by atoms with Crippen LogP contribution >= 0.6 is 0 Å². The largest absolute Gasteiger partial charge is 0.377 e. The minimum atomic E-state index is -0.0188. The number of nitrogens with two attached hydrogens (primary N) is 1. The van der Waals surface area contributed by atoms with E-state index in [9.17, 15) is 0 Å². The van der Waals surface area contributed by atoms with E-state index in [0.717, 1.165) is 25.2 Å². The van der Waals surface area contributed by atoms with Crippen LogP contribution < -0.4 is 11.3 Å². The predicted octanol–water partition coefficient (Wildman–Crippen LogP) is 2.99. The zero-order chi connectivity index (χ0) is 12.7. The van der Waals surface area contributed by atoms with Crippen molar-refractivity contribution in [2.75, 3.05) is 7.11 Å². The highest BCUT2D eigenvalue weighted by atomic mass is 16.5. The monoisotopic (exact) mass is 242 g/mol. The maximum absolute atomic E-state index is 5.87. The highest BCUT2D eigenvalue weighted by molar-refractivity contribution is 4.95. The van der Waals surface area contributed by atoms with E-state index >= 15 is 0 Å². The smallest absolute Gasteiger partial charge is 0.0844 e. The molecule has 0 spiro atoms. The van der Waals surface area contributed by atoms with Gasteiger partial charge in [0.2, 0.25) is 0 Å². The number of hydrogen-bond acceptors (Lipinski definition) is 3. The van der Waals surface area contributed by atoms with Crippen molar-refractivity contribution in [3.8, 4) is 0 Å². The second-order valence-electron chi connectivity index (χ2n) is 5.68. The van der Waals surface area contributed by atoms with Crippen LogP contribution in [-0.4, -0.2) is 18.8 Å². The quantitative estimate of drug-likeness (QED) is 0.533. The lowest BCUT2D eigenvalue weighted by atomic mass is 9.76. The molecule has 102 valence electrons. The molecule has 1 rings (SSSR count). The van der Waals surface area contributed by atoms with E-state index in [1.165, 1.54) is 32.1 Å². The SMILES string of the molecule is CCCC(C)CC(NN)C1(OC)CCCCC1. The van der Waals surface area contributed by atoms with Gasteiger partial charge in [-0.2, -0.15) is 0 Å². The number of hydrazine groups is 1. The second-order valence-corrected chi connectivity index (χ2v) is 5.68. The Balaban J connectivity index is 2.61. The summed E-state index contributed by atoms with van der Waals surface area (Å²) in [6.07, 6.45) is 9.83. The molecule has 0 bridgehead atoms. The third kappa shape index (κ3) is 3.94. The first-order valence-electron chi connectivity index (χ1n) is 7.19. The fourth-order valence-electron chi connectivity index (χ4n) is 3.29.